The van der Waals surface area contributed by atoms with Crippen molar-refractivity contribution in [3.8, 4) is 0 Å². The molecule has 15 heteroatoms. The van der Waals surface area contributed by atoms with Gasteiger partial charge in [-0.3, -0.25) is 19.4 Å². The number of pyridine rings is 2. The molecule has 1 fully saturated rings. The summed E-state index contributed by atoms with van der Waals surface area (Å²) < 4.78 is 99.1. The molecule has 0 radical (unpaired) electrons. The maximum atomic E-state index is 15.6. The molecule has 1 aliphatic heterocycles. The second-order valence-corrected chi connectivity index (χ2v) is 11.6. The number of amides is 2. The molecule has 0 spiro atoms. The molecule has 2 atom stereocenters. The molecule has 3 aromatic rings. The summed E-state index contributed by atoms with van der Waals surface area (Å²) in [5.74, 6) is -0.624. The van der Waals surface area contributed by atoms with E-state index < -0.39 is 60.2 Å². The van der Waals surface area contributed by atoms with Crippen LogP contribution < -0.4 is 10.6 Å². The number of halogens is 6. The van der Waals surface area contributed by atoms with E-state index >= 15 is 8.78 Å². The van der Waals surface area contributed by atoms with Crippen molar-refractivity contribution in [2.45, 2.75) is 69.7 Å². The van der Waals surface area contributed by atoms with Gasteiger partial charge in [0.2, 0.25) is 5.60 Å². The molecule has 1 saturated heterocycles. The largest absolute Gasteiger partial charge is 0.444 e. The Hall–Kier alpha value is -4.40. The van der Waals surface area contributed by atoms with Gasteiger partial charge in [-0.2, -0.15) is 22.0 Å². The molecule has 3 heterocycles. The van der Waals surface area contributed by atoms with Gasteiger partial charge in [0, 0.05) is 37.4 Å². The smallest absolute Gasteiger partial charge is 0.424 e. The topological polar surface area (TPSA) is 106 Å². The van der Waals surface area contributed by atoms with Crippen LogP contribution in [0.3, 0.4) is 0 Å². The molecule has 0 bridgehead atoms. The Morgan fingerprint density at radius 1 is 1.00 bits per heavy atom. The van der Waals surface area contributed by atoms with Gasteiger partial charge in [-0.1, -0.05) is 12.1 Å². The molecule has 46 heavy (non-hydrogen) atoms. The van der Waals surface area contributed by atoms with Crippen molar-refractivity contribution < 1.29 is 45.4 Å². The average Bonchev–Trinajstić information content (AvgIpc) is 3.50. The number of nitrogens with zero attached hydrogens (tertiary/aromatic N) is 3. The average molecular weight is 654 g/mol. The Bertz CT molecular complexity index is 1520. The first kappa shape index (κ1) is 34.5. The van der Waals surface area contributed by atoms with E-state index in [9.17, 15) is 27.2 Å². The quantitative estimate of drug-likeness (QED) is 0.226. The van der Waals surface area contributed by atoms with Gasteiger partial charge in [-0.15, -0.1) is 0 Å². The number of anilines is 2. The lowest BCUT2D eigenvalue weighted by Crippen LogP contribution is -2.57. The number of nitrogens with one attached hydrogen (secondary N) is 2. The van der Waals surface area contributed by atoms with E-state index in [0.717, 1.165) is 17.7 Å². The van der Waals surface area contributed by atoms with Crippen LogP contribution in [0.15, 0.2) is 67.1 Å². The molecule has 4 rings (SSSR count). The molecule has 2 aromatic heterocycles. The first-order valence-corrected chi connectivity index (χ1v) is 14.3. The third-order valence-corrected chi connectivity index (χ3v) is 7.07. The summed E-state index contributed by atoms with van der Waals surface area (Å²) in [6.45, 7) is 2.14. The lowest BCUT2D eigenvalue weighted by molar-refractivity contribution is -0.390. The molecule has 2 N–H and O–H groups in total. The number of rotatable bonds is 10. The highest BCUT2D eigenvalue weighted by molar-refractivity contribution is 6.07. The fraction of sp³-hybridized carbons (Fsp3) is 0.419. The van der Waals surface area contributed by atoms with Crippen molar-refractivity contribution in [2.24, 2.45) is 0 Å². The van der Waals surface area contributed by atoms with Gasteiger partial charge in [0.25, 0.3) is 5.91 Å². The highest BCUT2D eigenvalue weighted by Gasteiger charge is 2.64. The lowest BCUT2D eigenvalue weighted by atomic mass is 9.93. The normalized spacial score (nSPS) is 16.9. The number of carbonyl (C=O) groups excluding carboxylic acids is 2. The first-order chi connectivity index (χ1) is 21.6. The zero-order valence-corrected chi connectivity index (χ0v) is 25.2. The highest BCUT2D eigenvalue weighted by atomic mass is 19.4. The number of alkyl halides is 6. The van der Waals surface area contributed by atoms with Crippen molar-refractivity contribution in [3.63, 3.8) is 0 Å². The van der Waals surface area contributed by atoms with Gasteiger partial charge in [0.05, 0.1) is 5.56 Å². The standard InChI is InChI=1S/C31H33F6N5O4/c1-28(2,3)45-27(44)42-16-6-10-24(42)30(33,34)46-29(19-32,31(35,36)37)21-7-4-8-22(17-21)41-26(43)23-9-5-13-39-25(23)40-18-20-11-14-38-15-12-20/h4-5,7-9,11-15,17,24H,6,10,16,18-19H2,1-3H3,(H,39,40)(H,41,43). The second kappa shape index (κ2) is 13.5. The lowest BCUT2D eigenvalue weighted by Gasteiger charge is -2.40. The molecule has 9 nitrogen and oxygen atoms in total. The van der Waals surface area contributed by atoms with E-state index in [1.165, 1.54) is 45.2 Å². The third-order valence-electron chi connectivity index (χ3n) is 7.07. The van der Waals surface area contributed by atoms with Crippen molar-refractivity contribution in [1.29, 1.82) is 0 Å². The van der Waals surface area contributed by atoms with Gasteiger partial charge in [0.15, 0.2) is 0 Å². The molecular weight excluding hydrogens is 620 g/mol. The van der Waals surface area contributed by atoms with Crippen LogP contribution in [0.25, 0.3) is 0 Å². The zero-order valence-electron chi connectivity index (χ0n) is 25.2. The number of hydrogen-bond donors (Lipinski definition) is 2. The minimum absolute atomic E-state index is 0.0285. The van der Waals surface area contributed by atoms with Crippen LogP contribution in [0, 0.1) is 0 Å². The summed E-state index contributed by atoms with van der Waals surface area (Å²) in [6, 6.07) is 7.95. The summed E-state index contributed by atoms with van der Waals surface area (Å²) in [6.07, 6.45) is -7.28. The molecular formula is C31H33F6N5O4. The van der Waals surface area contributed by atoms with E-state index in [2.05, 4.69) is 25.3 Å². The Labute approximate surface area is 261 Å². The van der Waals surface area contributed by atoms with Crippen LogP contribution in [-0.2, 0) is 21.6 Å². The highest BCUT2D eigenvalue weighted by Crippen LogP contribution is 2.48. The molecule has 1 aromatic carbocycles. The summed E-state index contributed by atoms with van der Waals surface area (Å²) in [5, 5.41) is 5.41. The van der Waals surface area contributed by atoms with Crippen LogP contribution in [0.5, 0.6) is 0 Å². The number of ether oxygens (including phenoxy) is 2. The predicted molar refractivity (Wildman–Crippen MR) is 156 cm³/mol. The fourth-order valence-corrected chi connectivity index (χ4v) is 4.88. The fourth-order valence-electron chi connectivity index (χ4n) is 4.88. The SMILES string of the molecule is CC(C)(C)OC(=O)N1CCCC1C(F)(F)OC(CF)(c1cccc(NC(=O)c2cccnc2NCc2ccncc2)c1)C(F)(F)F. The summed E-state index contributed by atoms with van der Waals surface area (Å²) in [5.41, 5.74) is -5.63. The number of likely N-dealkylation sites (tertiary alicyclic amines) is 1. The van der Waals surface area contributed by atoms with Gasteiger partial charge in [0.1, 0.15) is 24.1 Å². The second-order valence-electron chi connectivity index (χ2n) is 11.6. The predicted octanol–water partition coefficient (Wildman–Crippen LogP) is 7.08. The molecule has 248 valence electrons. The maximum Gasteiger partial charge on any atom is 0.424 e. The zero-order chi connectivity index (χ0) is 33.8. The van der Waals surface area contributed by atoms with Crippen molar-refractivity contribution in [1.82, 2.24) is 14.9 Å². The molecule has 0 aliphatic carbocycles. The molecule has 2 unspecified atom stereocenters. The van der Waals surface area contributed by atoms with E-state index in [4.69, 9.17) is 4.74 Å². The summed E-state index contributed by atoms with van der Waals surface area (Å²) in [7, 11) is 0. The van der Waals surface area contributed by atoms with Crippen LogP contribution in [-0.4, -0.2) is 64.0 Å². The van der Waals surface area contributed by atoms with Crippen LogP contribution in [0.1, 0.15) is 55.1 Å². The Morgan fingerprint density at radius 2 is 1.72 bits per heavy atom. The number of carbonyl (C=O) groups is 2. The van der Waals surface area contributed by atoms with Crippen LogP contribution in [0.4, 0.5) is 42.6 Å². The van der Waals surface area contributed by atoms with E-state index in [-0.39, 0.29) is 36.6 Å². The van der Waals surface area contributed by atoms with Gasteiger partial charge >= 0.3 is 18.4 Å². The minimum atomic E-state index is -5.68. The van der Waals surface area contributed by atoms with Gasteiger partial charge in [-0.05, 0) is 81.1 Å². The molecule has 2 amide bonds. The number of hydrogen-bond acceptors (Lipinski definition) is 7. The van der Waals surface area contributed by atoms with Crippen molar-refractivity contribution in [3.05, 3.63) is 83.8 Å². The summed E-state index contributed by atoms with van der Waals surface area (Å²) >= 11 is 0. The van der Waals surface area contributed by atoms with Crippen LogP contribution >= 0.6 is 0 Å². The first-order valence-electron chi connectivity index (χ1n) is 14.3. The van der Waals surface area contributed by atoms with E-state index in [1.807, 2.05) is 0 Å². The van der Waals surface area contributed by atoms with Gasteiger partial charge in [-0.25, -0.2) is 14.2 Å². The molecule has 0 saturated carbocycles. The van der Waals surface area contributed by atoms with Gasteiger partial charge < -0.3 is 15.4 Å². The Morgan fingerprint density at radius 3 is 2.37 bits per heavy atom. The number of benzene rings is 1. The Kier molecular flexibility index (Phi) is 10.1. The van der Waals surface area contributed by atoms with E-state index in [1.54, 1.807) is 24.5 Å². The minimum Gasteiger partial charge on any atom is -0.444 e. The van der Waals surface area contributed by atoms with Crippen molar-refractivity contribution in [2.75, 3.05) is 23.9 Å². The van der Waals surface area contributed by atoms with E-state index in [0.29, 0.717) is 11.0 Å². The van der Waals surface area contributed by atoms with Crippen molar-refractivity contribution >= 4 is 23.5 Å². The molecule has 1 aliphatic rings. The third kappa shape index (κ3) is 7.87. The van der Waals surface area contributed by atoms with Crippen LogP contribution in [0.2, 0.25) is 0 Å². The maximum absolute atomic E-state index is 15.6. The monoisotopic (exact) mass is 653 g/mol. The number of aromatic nitrogens is 2. The Balaban J connectivity index is 1.60. The summed E-state index contributed by atoms with van der Waals surface area (Å²) in [4.78, 5) is 34.4.